The second-order valence-corrected chi connectivity index (χ2v) is 7.43. The van der Waals surface area contributed by atoms with Crippen molar-refractivity contribution in [2.24, 2.45) is 0 Å². The van der Waals surface area contributed by atoms with E-state index in [1.807, 2.05) is 31.3 Å². The molecule has 0 aliphatic carbocycles. The molecular weight excluding hydrogens is 362 g/mol. The first kappa shape index (κ1) is 15.6. The average molecular weight is 380 g/mol. The zero-order valence-electron chi connectivity index (χ0n) is 12.4. The van der Waals surface area contributed by atoms with E-state index in [1.54, 1.807) is 11.3 Å². The Bertz CT molecular complexity index is 680. The van der Waals surface area contributed by atoms with Gasteiger partial charge in [0.2, 0.25) is 0 Å². The third kappa shape index (κ3) is 3.56. The minimum absolute atomic E-state index is 0.119. The number of piperidine rings is 1. The fraction of sp³-hybridized carbons (Fsp3) is 0.375. The van der Waals surface area contributed by atoms with E-state index in [0.717, 1.165) is 36.0 Å². The van der Waals surface area contributed by atoms with Crippen LogP contribution in [-0.4, -0.2) is 24.0 Å². The average Bonchev–Trinajstić information content (AvgIpc) is 2.99. The molecule has 22 heavy (non-hydrogen) atoms. The number of carbonyl (C=O) groups excluding carboxylic acids is 1. The molecule has 0 spiro atoms. The second kappa shape index (κ2) is 6.89. The molecule has 1 fully saturated rings. The van der Waals surface area contributed by atoms with E-state index in [2.05, 4.69) is 31.5 Å². The molecule has 0 bridgehead atoms. The van der Waals surface area contributed by atoms with Crippen LogP contribution < -0.4 is 10.6 Å². The number of benzene rings is 1. The summed E-state index contributed by atoms with van der Waals surface area (Å²) in [6.07, 6.45) is 4.18. The molecule has 1 aliphatic heterocycles. The minimum Gasteiger partial charge on any atom is -0.317 e. The van der Waals surface area contributed by atoms with Crippen molar-refractivity contribution >= 4 is 38.3 Å². The molecule has 1 saturated heterocycles. The highest BCUT2D eigenvalue weighted by molar-refractivity contribution is 9.10. The number of hydrogen-bond donors (Lipinski definition) is 2. The Hall–Kier alpha value is -1.24. The van der Waals surface area contributed by atoms with Crippen molar-refractivity contribution in [1.82, 2.24) is 10.3 Å². The smallest absolute Gasteiger partial charge is 0.257 e. The standard InChI is InChI=1S/C16H18BrN3OS/c1-10-2-3-12(8-13(10)17)15(21)20-16-19-9-14(22-16)11-4-6-18-7-5-11/h2-3,8-9,11,18H,4-7H2,1H3,(H,19,20,21). The van der Waals surface area contributed by atoms with Gasteiger partial charge in [0.25, 0.3) is 5.91 Å². The number of amides is 1. The van der Waals surface area contributed by atoms with Gasteiger partial charge < -0.3 is 5.32 Å². The van der Waals surface area contributed by atoms with Gasteiger partial charge in [-0.3, -0.25) is 10.1 Å². The van der Waals surface area contributed by atoms with E-state index in [4.69, 9.17) is 0 Å². The van der Waals surface area contributed by atoms with E-state index in [0.29, 0.717) is 16.6 Å². The molecule has 6 heteroatoms. The first-order chi connectivity index (χ1) is 10.6. The summed E-state index contributed by atoms with van der Waals surface area (Å²) in [6, 6.07) is 5.60. The van der Waals surface area contributed by atoms with Gasteiger partial charge in [0.05, 0.1) is 0 Å². The molecule has 1 aliphatic rings. The minimum atomic E-state index is -0.119. The van der Waals surface area contributed by atoms with Crippen LogP contribution in [0.5, 0.6) is 0 Å². The second-order valence-electron chi connectivity index (χ2n) is 5.51. The van der Waals surface area contributed by atoms with Crippen LogP contribution in [0.2, 0.25) is 0 Å². The SMILES string of the molecule is Cc1ccc(C(=O)Nc2ncc(C3CCNCC3)s2)cc1Br. The monoisotopic (exact) mass is 379 g/mol. The number of nitrogens with one attached hydrogen (secondary N) is 2. The summed E-state index contributed by atoms with van der Waals surface area (Å²) < 4.78 is 0.940. The molecule has 2 heterocycles. The summed E-state index contributed by atoms with van der Waals surface area (Å²) in [6.45, 7) is 4.11. The molecule has 0 saturated carbocycles. The zero-order valence-corrected chi connectivity index (χ0v) is 14.8. The third-order valence-corrected chi connectivity index (χ3v) is 5.85. The summed E-state index contributed by atoms with van der Waals surface area (Å²) in [5.74, 6) is 0.449. The van der Waals surface area contributed by atoms with Gasteiger partial charge in [-0.2, -0.15) is 0 Å². The Morgan fingerprint density at radius 1 is 1.41 bits per heavy atom. The lowest BCUT2D eigenvalue weighted by atomic mass is 9.97. The van der Waals surface area contributed by atoms with E-state index in [1.165, 1.54) is 4.88 Å². The van der Waals surface area contributed by atoms with Gasteiger partial charge in [-0.25, -0.2) is 4.98 Å². The van der Waals surface area contributed by atoms with Gasteiger partial charge >= 0.3 is 0 Å². The van der Waals surface area contributed by atoms with Crippen LogP contribution in [0.1, 0.15) is 39.6 Å². The predicted octanol–water partition coefficient (Wildman–Crippen LogP) is 3.93. The molecule has 1 aromatic heterocycles. The zero-order chi connectivity index (χ0) is 15.5. The van der Waals surface area contributed by atoms with Crippen molar-refractivity contribution < 1.29 is 4.79 Å². The van der Waals surface area contributed by atoms with Crippen molar-refractivity contribution in [2.45, 2.75) is 25.7 Å². The summed E-state index contributed by atoms with van der Waals surface area (Å²) in [4.78, 5) is 17.9. The first-order valence-corrected chi connectivity index (χ1v) is 8.98. The van der Waals surface area contributed by atoms with Gasteiger partial charge in [0.1, 0.15) is 0 Å². The normalized spacial score (nSPS) is 15.7. The maximum atomic E-state index is 12.3. The quantitative estimate of drug-likeness (QED) is 0.848. The van der Waals surface area contributed by atoms with Crippen LogP contribution >= 0.6 is 27.3 Å². The van der Waals surface area contributed by atoms with Crippen LogP contribution in [0, 0.1) is 6.92 Å². The highest BCUT2D eigenvalue weighted by atomic mass is 79.9. The largest absolute Gasteiger partial charge is 0.317 e. The highest BCUT2D eigenvalue weighted by Crippen LogP contribution is 2.31. The van der Waals surface area contributed by atoms with E-state index in [-0.39, 0.29) is 5.91 Å². The fourth-order valence-corrected chi connectivity index (χ4v) is 3.90. The molecule has 0 atom stereocenters. The molecule has 4 nitrogen and oxygen atoms in total. The van der Waals surface area contributed by atoms with Crippen molar-refractivity contribution in [3.05, 3.63) is 44.9 Å². The number of nitrogens with zero attached hydrogens (tertiary/aromatic N) is 1. The Kier molecular flexibility index (Phi) is 4.90. The van der Waals surface area contributed by atoms with Gasteiger partial charge in [0, 0.05) is 21.1 Å². The number of thiazole rings is 1. The van der Waals surface area contributed by atoms with Gasteiger partial charge in [0.15, 0.2) is 5.13 Å². The summed E-state index contributed by atoms with van der Waals surface area (Å²) in [7, 11) is 0. The maximum absolute atomic E-state index is 12.3. The number of carbonyl (C=O) groups is 1. The molecule has 116 valence electrons. The number of halogens is 1. The van der Waals surface area contributed by atoms with Crippen LogP contribution in [0.3, 0.4) is 0 Å². The molecule has 2 aromatic rings. The highest BCUT2D eigenvalue weighted by Gasteiger charge is 2.18. The van der Waals surface area contributed by atoms with Crippen LogP contribution in [0.25, 0.3) is 0 Å². The number of rotatable bonds is 3. The van der Waals surface area contributed by atoms with Crippen LogP contribution in [0.15, 0.2) is 28.9 Å². The van der Waals surface area contributed by atoms with Gasteiger partial charge in [-0.1, -0.05) is 22.0 Å². The summed E-state index contributed by atoms with van der Waals surface area (Å²) >= 11 is 5.04. The summed E-state index contributed by atoms with van der Waals surface area (Å²) in [5.41, 5.74) is 1.75. The van der Waals surface area contributed by atoms with E-state index < -0.39 is 0 Å². The van der Waals surface area contributed by atoms with E-state index >= 15 is 0 Å². The fourth-order valence-electron chi connectivity index (χ4n) is 2.54. The maximum Gasteiger partial charge on any atom is 0.257 e. The van der Waals surface area contributed by atoms with Crippen molar-refractivity contribution in [1.29, 1.82) is 0 Å². The Labute approximate surface area is 142 Å². The molecule has 2 N–H and O–H groups in total. The predicted molar refractivity (Wildman–Crippen MR) is 93.8 cm³/mol. The van der Waals surface area contributed by atoms with Crippen molar-refractivity contribution in [3.8, 4) is 0 Å². The first-order valence-electron chi connectivity index (χ1n) is 7.37. The van der Waals surface area contributed by atoms with Gasteiger partial charge in [-0.15, -0.1) is 11.3 Å². The lowest BCUT2D eigenvalue weighted by Crippen LogP contribution is -2.26. The Balaban J connectivity index is 1.68. The van der Waals surface area contributed by atoms with Crippen molar-refractivity contribution in [2.75, 3.05) is 18.4 Å². The number of aryl methyl sites for hydroxylation is 1. The molecule has 1 amide bonds. The molecular formula is C16H18BrN3OS. The molecule has 0 radical (unpaired) electrons. The number of anilines is 1. The lowest BCUT2D eigenvalue weighted by Gasteiger charge is -2.20. The summed E-state index contributed by atoms with van der Waals surface area (Å²) in [5, 5.41) is 6.94. The number of aromatic nitrogens is 1. The Morgan fingerprint density at radius 3 is 2.91 bits per heavy atom. The van der Waals surface area contributed by atoms with E-state index in [9.17, 15) is 4.79 Å². The van der Waals surface area contributed by atoms with Crippen molar-refractivity contribution in [3.63, 3.8) is 0 Å². The Morgan fingerprint density at radius 2 is 2.18 bits per heavy atom. The lowest BCUT2D eigenvalue weighted by molar-refractivity contribution is 0.102. The van der Waals surface area contributed by atoms with Crippen LogP contribution in [0.4, 0.5) is 5.13 Å². The number of hydrogen-bond acceptors (Lipinski definition) is 4. The third-order valence-electron chi connectivity index (χ3n) is 3.92. The molecule has 1 aromatic carbocycles. The van der Waals surface area contributed by atoms with Gasteiger partial charge in [-0.05, 0) is 56.5 Å². The van der Waals surface area contributed by atoms with Crippen LogP contribution in [-0.2, 0) is 0 Å². The molecule has 3 rings (SSSR count). The molecule has 0 unspecified atom stereocenters. The topological polar surface area (TPSA) is 54.0 Å².